The van der Waals surface area contributed by atoms with Gasteiger partial charge in [-0.15, -0.1) is 0 Å². The van der Waals surface area contributed by atoms with Crippen molar-refractivity contribution in [3.63, 3.8) is 0 Å². The predicted molar refractivity (Wildman–Crippen MR) is 166 cm³/mol. The summed E-state index contributed by atoms with van der Waals surface area (Å²) >= 11 is 0. The first-order valence-electron chi connectivity index (χ1n) is 12.9. The third kappa shape index (κ3) is 7.15. The van der Waals surface area contributed by atoms with Crippen LogP contribution in [0.2, 0.25) is 0 Å². The van der Waals surface area contributed by atoms with Crippen LogP contribution in [0.1, 0.15) is 10.4 Å². The number of ether oxygens (including phenoxy) is 1. The number of esters is 1. The van der Waals surface area contributed by atoms with E-state index in [-0.39, 0.29) is 23.7 Å². The number of hydrogen-bond donors (Lipinski definition) is 2. The number of benzene rings is 5. The van der Waals surface area contributed by atoms with Crippen LogP contribution in [0.15, 0.2) is 150 Å². The average molecular weight is 587 g/mol. The van der Waals surface area contributed by atoms with Gasteiger partial charge in [-0.3, -0.25) is 4.55 Å². The molecule has 0 spiro atoms. The molecule has 210 valence electrons. The van der Waals surface area contributed by atoms with Crippen LogP contribution in [-0.2, 0) is 14.9 Å². The fourth-order valence-electron chi connectivity index (χ4n) is 4.76. The molecule has 0 amide bonds. The molecule has 0 saturated carbocycles. The standard InChI is InChI=1S/C24H21P.C9H10O6S/c1-5-13-21(14-6-1)25(22-15-7-2-8-16-22,23-17-9-3-10-18-23)24-19-11-4-12-20-24;10-4-5-15-9(11)7-2-1-3-8(6-7)16(12,13)14/h1-20,25H;1-3,6,10H,4-5H2,(H,12,13,14). The number of aliphatic hydroxyl groups is 1. The molecule has 0 radical (unpaired) electrons. The van der Waals surface area contributed by atoms with Gasteiger partial charge in [-0.25, -0.2) is 4.79 Å². The van der Waals surface area contributed by atoms with Gasteiger partial charge in [-0.1, -0.05) is 6.07 Å². The Morgan fingerprint density at radius 3 is 1.34 bits per heavy atom. The van der Waals surface area contributed by atoms with E-state index in [1.165, 1.54) is 33.4 Å². The van der Waals surface area contributed by atoms with Gasteiger partial charge < -0.3 is 9.84 Å². The van der Waals surface area contributed by atoms with Crippen LogP contribution in [0.4, 0.5) is 0 Å². The Morgan fingerprint density at radius 1 is 0.610 bits per heavy atom. The van der Waals surface area contributed by atoms with E-state index in [1.807, 2.05) is 0 Å². The van der Waals surface area contributed by atoms with E-state index in [0.29, 0.717) is 0 Å². The second kappa shape index (κ2) is 14.0. The van der Waals surface area contributed by atoms with Gasteiger partial charge >= 0.3 is 156 Å². The van der Waals surface area contributed by atoms with Crippen molar-refractivity contribution in [2.75, 3.05) is 13.2 Å². The van der Waals surface area contributed by atoms with E-state index in [2.05, 4.69) is 126 Å². The van der Waals surface area contributed by atoms with Crippen molar-refractivity contribution in [3.8, 4) is 0 Å². The van der Waals surface area contributed by atoms with E-state index in [9.17, 15) is 13.2 Å². The van der Waals surface area contributed by atoms with Crippen LogP contribution in [0.5, 0.6) is 0 Å². The zero-order valence-electron chi connectivity index (χ0n) is 22.2. The fourth-order valence-corrected chi connectivity index (χ4v) is 10.1. The number of aliphatic hydroxyl groups excluding tert-OH is 1. The summed E-state index contributed by atoms with van der Waals surface area (Å²) in [5, 5.41) is 14.1. The summed E-state index contributed by atoms with van der Waals surface area (Å²) in [5.74, 6) is -0.764. The van der Waals surface area contributed by atoms with Gasteiger partial charge in [0.1, 0.15) is 6.61 Å². The summed E-state index contributed by atoms with van der Waals surface area (Å²) < 4.78 is 34.9. The molecule has 0 aliphatic heterocycles. The molecule has 0 bridgehead atoms. The van der Waals surface area contributed by atoms with Crippen LogP contribution in [0.25, 0.3) is 0 Å². The Balaban J connectivity index is 0.000000210. The minimum atomic E-state index is -4.34. The molecule has 6 nitrogen and oxygen atoms in total. The zero-order valence-corrected chi connectivity index (χ0v) is 24.0. The Bertz CT molecular complexity index is 1480. The Labute approximate surface area is 241 Å². The molecule has 41 heavy (non-hydrogen) atoms. The van der Waals surface area contributed by atoms with E-state index in [0.717, 1.165) is 12.1 Å². The van der Waals surface area contributed by atoms with E-state index < -0.39 is 23.3 Å². The van der Waals surface area contributed by atoms with Crippen molar-refractivity contribution < 1.29 is 27.6 Å². The van der Waals surface area contributed by atoms with Crippen molar-refractivity contribution in [1.29, 1.82) is 0 Å². The molecule has 0 atom stereocenters. The molecule has 5 rings (SSSR count). The minimum absolute atomic E-state index is 0.0106. The van der Waals surface area contributed by atoms with Gasteiger partial charge in [-0.2, -0.15) is 8.42 Å². The van der Waals surface area contributed by atoms with Crippen LogP contribution in [0, 0.1) is 0 Å². The molecule has 0 aliphatic rings. The van der Waals surface area contributed by atoms with Gasteiger partial charge in [-0.05, 0) is 18.2 Å². The maximum atomic E-state index is 11.3. The molecule has 0 saturated heterocycles. The topological polar surface area (TPSA) is 101 Å². The van der Waals surface area contributed by atoms with Gasteiger partial charge in [0, 0.05) is 0 Å². The monoisotopic (exact) mass is 586 g/mol. The molecule has 8 heteroatoms. The molecule has 0 fully saturated rings. The predicted octanol–water partition coefficient (Wildman–Crippen LogP) is 4.12. The molecule has 0 heterocycles. The number of hydrogen-bond acceptors (Lipinski definition) is 5. The SMILES string of the molecule is O=C(OCCO)c1cccc(S(=O)(=O)O)c1.c1ccc([PH](c2ccccc2)(c2ccccc2)c2ccccc2)cc1. The molecule has 0 unspecified atom stereocenters. The van der Waals surface area contributed by atoms with E-state index in [1.54, 1.807) is 0 Å². The Hall–Kier alpha value is -4.13. The van der Waals surface area contributed by atoms with Crippen molar-refractivity contribution in [1.82, 2.24) is 0 Å². The summed E-state index contributed by atoms with van der Waals surface area (Å²) in [6, 6.07) is 48.8. The molecule has 5 aromatic rings. The van der Waals surface area contributed by atoms with Gasteiger partial charge in [0.2, 0.25) is 0 Å². The summed E-state index contributed by atoms with van der Waals surface area (Å²) in [6.45, 7) is -0.487. The summed E-state index contributed by atoms with van der Waals surface area (Å²) in [4.78, 5) is 10.9. The molecular formula is C33H31O6PS. The fraction of sp³-hybridized carbons (Fsp3) is 0.0606. The molecule has 0 aliphatic carbocycles. The van der Waals surface area contributed by atoms with Crippen molar-refractivity contribution >= 4 is 44.6 Å². The van der Waals surface area contributed by atoms with Gasteiger partial charge in [0.25, 0.3) is 10.1 Å². The summed E-state index contributed by atoms with van der Waals surface area (Å²) in [5.41, 5.74) is -0.0106. The third-order valence-electron chi connectivity index (χ3n) is 6.52. The third-order valence-corrected chi connectivity index (χ3v) is 12.2. The summed E-state index contributed by atoms with van der Waals surface area (Å²) in [7, 11) is -6.64. The van der Waals surface area contributed by atoms with Crippen LogP contribution in [-0.4, -0.2) is 37.3 Å². The second-order valence-corrected chi connectivity index (χ2v) is 14.3. The Kier molecular flexibility index (Phi) is 10.2. The zero-order chi connectivity index (χ0) is 29.1. The van der Waals surface area contributed by atoms with Crippen LogP contribution in [0.3, 0.4) is 0 Å². The van der Waals surface area contributed by atoms with Crippen LogP contribution < -0.4 is 21.2 Å². The second-order valence-electron chi connectivity index (χ2n) is 9.08. The quantitative estimate of drug-likeness (QED) is 0.161. The first-order chi connectivity index (χ1) is 19.9. The molecule has 0 aromatic heterocycles. The number of carbonyl (C=O) groups excluding carboxylic acids is 1. The van der Waals surface area contributed by atoms with E-state index >= 15 is 0 Å². The van der Waals surface area contributed by atoms with Gasteiger partial charge in [0.05, 0.1) is 17.1 Å². The van der Waals surface area contributed by atoms with Crippen LogP contribution >= 0.6 is 7.26 Å². The first kappa shape index (κ1) is 29.8. The normalized spacial score (nSPS) is 11.6. The van der Waals surface area contributed by atoms with Gasteiger partial charge in [0.15, 0.2) is 0 Å². The Morgan fingerprint density at radius 2 is 1.00 bits per heavy atom. The molecule has 2 N–H and O–H groups in total. The number of rotatable bonds is 8. The first-order valence-corrected chi connectivity index (χ1v) is 16.4. The number of carbonyl (C=O) groups is 1. The maximum absolute atomic E-state index is 11.3. The van der Waals surface area contributed by atoms with E-state index in [4.69, 9.17) is 9.66 Å². The molecule has 5 aromatic carbocycles. The summed E-state index contributed by atoms with van der Waals surface area (Å²) in [6.07, 6.45) is 0. The van der Waals surface area contributed by atoms with Crippen molar-refractivity contribution in [2.24, 2.45) is 0 Å². The van der Waals surface area contributed by atoms with Crippen molar-refractivity contribution in [3.05, 3.63) is 151 Å². The molecular weight excluding hydrogens is 555 g/mol. The average Bonchev–Trinajstić information content (AvgIpc) is 3.02. The van der Waals surface area contributed by atoms with Crippen molar-refractivity contribution in [2.45, 2.75) is 4.90 Å².